The third-order valence-electron chi connectivity index (χ3n) is 8.42. The number of anilines is 1. The number of nitrogens with zero attached hydrogens (tertiary/aromatic N) is 2. The first-order valence-electron chi connectivity index (χ1n) is 15.7. The Morgan fingerprint density at radius 2 is 1.75 bits per heavy atom. The first-order chi connectivity index (χ1) is 24.8. The monoisotopic (exact) mass is 707 g/mol. The van der Waals surface area contributed by atoms with Gasteiger partial charge in [0, 0.05) is 72.4 Å². The van der Waals surface area contributed by atoms with Crippen LogP contribution in [0.15, 0.2) is 77.2 Å². The molecule has 3 amide bonds. The van der Waals surface area contributed by atoms with Crippen molar-refractivity contribution in [1.82, 2.24) is 10.4 Å². The van der Waals surface area contributed by atoms with Crippen LogP contribution in [-0.2, 0) is 25.7 Å². The third-order valence-corrected chi connectivity index (χ3v) is 8.42. The molecule has 2 heterocycles. The minimum atomic E-state index is -1.42. The number of hydroxylamine groups is 2. The number of amides is 3. The second-order valence-corrected chi connectivity index (χ2v) is 11.7. The zero-order valence-electron chi connectivity index (χ0n) is 27.6. The van der Waals surface area contributed by atoms with Crippen LogP contribution in [0.25, 0.3) is 33.4 Å². The summed E-state index contributed by atoms with van der Waals surface area (Å²) < 4.78 is 11.2. The lowest BCUT2D eigenvalue weighted by atomic mass is 9.89. The molecule has 6 rings (SSSR count). The molecule has 52 heavy (non-hydrogen) atoms. The number of ether oxygens (including phenoxy) is 1. The smallest absolute Gasteiger partial charge is 0.478 e. The van der Waals surface area contributed by atoms with Crippen molar-refractivity contribution in [2.45, 2.75) is 32.4 Å². The first-order valence-corrected chi connectivity index (χ1v) is 15.7. The molecule has 0 spiro atoms. The van der Waals surface area contributed by atoms with Crippen molar-refractivity contribution in [3.8, 4) is 22.5 Å². The van der Waals surface area contributed by atoms with Crippen LogP contribution < -0.4 is 16.0 Å². The first kappa shape index (κ1) is 34.8. The summed E-state index contributed by atoms with van der Waals surface area (Å²) in [7, 11) is 1.74. The van der Waals surface area contributed by atoms with Gasteiger partial charge in [0.05, 0.1) is 21.4 Å². The van der Waals surface area contributed by atoms with E-state index in [0.29, 0.717) is 33.4 Å². The number of benzene rings is 4. The number of nitro benzene ring substituents is 1. The van der Waals surface area contributed by atoms with Gasteiger partial charge in [-0.1, -0.05) is 11.1 Å². The summed E-state index contributed by atoms with van der Waals surface area (Å²) in [5, 5.41) is 36.9. The van der Waals surface area contributed by atoms with Crippen molar-refractivity contribution >= 4 is 52.2 Å². The van der Waals surface area contributed by atoms with E-state index in [4.69, 9.17) is 19.4 Å². The minimum absolute atomic E-state index is 0.0496. The molecule has 1 atom stereocenters. The van der Waals surface area contributed by atoms with Crippen molar-refractivity contribution < 1.29 is 48.0 Å². The predicted molar refractivity (Wildman–Crippen MR) is 182 cm³/mol. The summed E-state index contributed by atoms with van der Waals surface area (Å²) in [6.07, 6.45) is -2.94. The molecule has 3 aromatic carbocycles. The lowest BCUT2D eigenvalue weighted by Gasteiger charge is -2.18. The maximum absolute atomic E-state index is 13.5. The van der Waals surface area contributed by atoms with Gasteiger partial charge >= 0.3 is 12.1 Å². The van der Waals surface area contributed by atoms with E-state index in [2.05, 4.69) is 10.6 Å². The number of carbonyl (C=O) groups is 5. The summed E-state index contributed by atoms with van der Waals surface area (Å²) in [6, 6.07) is 18.1. The minimum Gasteiger partial charge on any atom is -0.478 e. The number of aromatic carboxylic acids is 1. The van der Waals surface area contributed by atoms with Crippen LogP contribution in [0.4, 0.5) is 16.2 Å². The fourth-order valence-electron chi connectivity index (χ4n) is 5.87. The van der Waals surface area contributed by atoms with E-state index in [1.54, 1.807) is 37.4 Å². The lowest BCUT2D eigenvalue weighted by Crippen LogP contribution is -2.32. The van der Waals surface area contributed by atoms with Gasteiger partial charge in [0.15, 0.2) is 0 Å². The van der Waals surface area contributed by atoms with Gasteiger partial charge in [0.1, 0.15) is 17.4 Å². The van der Waals surface area contributed by atoms with Crippen molar-refractivity contribution in [1.29, 1.82) is 5.41 Å². The quantitative estimate of drug-likeness (QED) is 0.0461. The normalized spacial score (nSPS) is 13.2. The molecule has 0 bridgehead atoms. The molecule has 3 aliphatic rings. The number of carboxylic acids is 1. The number of nitrogens with one attached hydrogen (secondary N) is 3. The molecule has 16 heteroatoms. The Morgan fingerprint density at radius 1 is 1.00 bits per heavy atom. The van der Waals surface area contributed by atoms with Crippen molar-refractivity contribution in [2.75, 3.05) is 12.4 Å². The SMILES string of the molecule is CNc1ccc2c(-c3cc(C(=O)NCc4ccc([N+](=O)[O-])c(C(C)OC(=O)ON5C(=O)CCC5=O)c4)ccc3C(=O)O)c3ccc(=N)cc-3oc2c1. The number of hydrogen-bond acceptors (Lipinski definition) is 12. The number of nitro groups is 1. The number of carbonyl (C=O) groups excluding carboxylic acids is 4. The van der Waals surface area contributed by atoms with Crippen LogP contribution in [-0.4, -0.2) is 52.0 Å². The molecule has 264 valence electrons. The van der Waals surface area contributed by atoms with Gasteiger partial charge in [-0.25, -0.2) is 9.59 Å². The number of imide groups is 1. The van der Waals surface area contributed by atoms with E-state index in [1.165, 1.54) is 49.4 Å². The average Bonchev–Trinajstić information content (AvgIpc) is 3.43. The number of carboxylic acid groups (broad SMARTS) is 1. The average molecular weight is 708 g/mol. The molecule has 1 saturated heterocycles. The third kappa shape index (κ3) is 6.84. The fraction of sp³-hybridized carbons (Fsp3) is 0.167. The van der Waals surface area contributed by atoms with Crippen LogP contribution in [0.1, 0.15) is 57.7 Å². The molecule has 4 N–H and O–H groups in total. The van der Waals surface area contributed by atoms with Gasteiger partial charge in [0.25, 0.3) is 23.4 Å². The zero-order chi connectivity index (χ0) is 37.3. The number of hydrogen-bond donors (Lipinski definition) is 4. The molecule has 1 aliphatic carbocycles. The van der Waals surface area contributed by atoms with E-state index in [9.17, 15) is 39.2 Å². The van der Waals surface area contributed by atoms with Crippen LogP contribution in [0.5, 0.6) is 0 Å². The van der Waals surface area contributed by atoms with E-state index in [0.717, 1.165) is 5.69 Å². The van der Waals surface area contributed by atoms with Crippen LogP contribution in [0.2, 0.25) is 0 Å². The molecular weight excluding hydrogens is 678 g/mol. The maximum Gasteiger partial charge on any atom is 0.534 e. The molecule has 0 saturated carbocycles. The van der Waals surface area contributed by atoms with Crippen LogP contribution >= 0.6 is 0 Å². The standard InChI is InChI=1S/C36H29N5O11/c1-18(50-36(47)52-40-31(42)11-12-32(40)43)26-13-19(3-10-28(26)41(48)49)17-39-34(44)20-4-7-23(35(45)46)27(14-20)33-24-8-5-21(37)15-29(24)51-30-16-22(38-2)6-9-25(30)33/h3-10,13-16,18,37-38H,11-12,17H2,1-2H3,(H,39,44)(H,45,46). The highest BCUT2D eigenvalue weighted by Crippen LogP contribution is 2.42. The van der Waals surface area contributed by atoms with Crippen LogP contribution in [0, 0.1) is 15.5 Å². The summed E-state index contributed by atoms with van der Waals surface area (Å²) in [5.74, 6) is -2.94. The second kappa shape index (κ2) is 14.0. The maximum atomic E-state index is 13.5. The van der Waals surface area contributed by atoms with Gasteiger partial charge in [0.2, 0.25) is 0 Å². The van der Waals surface area contributed by atoms with E-state index in [1.807, 2.05) is 0 Å². The van der Waals surface area contributed by atoms with E-state index < -0.39 is 46.6 Å². The molecule has 0 aromatic heterocycles. The van der Waals surface area contributed by atoms with Gasteiger partial charge in [-0.3, -0.25) is 29.3 Å². The molecule has 3 aromatic rings. The Labute approximate surface area is 293 Å². The molecule has 1 unspecified atom stereocenters. The van der Waals surface area contributed by atoms with Gasteiger partial charge in [-0.15, -0.1) is 0 Å². The number of rotatable bonds is 10. The van der Waals surface area contributed by atoms with Crippen LogP contribution in [0.3, 0.4) is 0 Å². The predicted octanol–water partition coefficient (Wildman–Crippen LogP) is 5.54. The zero-order valence-corrected chi connectivity index (χ0v) is 27.6. The molecule has 16 nitrogen and oxygen atoms in total. The highest BCUT2D eigenvalue weighted by Gasteiger charge is 2.34. The molecule has 0 radical (unpaired) electrons. The molecule has 2 aliphatic heterocycles. The Balaban J connectivity index is 1.29. The Bertz CT molecular complexity index is 2340. The Hall–Kier alpha value is -7.10. The Kier molecular flexibility index (Phi) is 9.37. The Morgan fingerprint density at radius 3 is 2.44 bits per heavy atom. The highest BCUT2D eigenvalue weighted by atomic mass is 16.8. The fourth-order valence-corrected chi connectivity index (χ4v) is 5.87. The molecular formula is C36H29N5O11. The highest BCUT2D eigenvalue weighted by molar-refractivity contribution is 6.09. The van der Waals surface area contributed by atoms with Crippen molar-refractivity contribution in [3.05, 3.63) is 111 Å². The summed E-state index contributed by atoms with van der Waals surface area (Å²) in [6.45, 7) is 1.20. The lowest BCUT2D eigenvalue weighted by molar-refractivity contribution is -0.386. The second-order valence-electron chi connectivity index (χ2n) is 11.7. The topological polar surface area (TPSA) is 231 Å². The van der Waals surface area contributed by atoms with Crippen molar-refractivity contribution in [3.63, 3.8) is 0 Å². The van der Waals surface area contributed by atoms with Gasteiger partial charge in [-0.05, 0) is 66.6 Å². The number of fused-ring (bicyclic) bond motifs is 2. The molecule has 1 fully saturated rings. The van der Waals surface area contributed by atoms with E-state index >= 15 is 0 Å². The van der Waals surface area contributed by atoms with Gasteiger partial charge in [-0.2, -0.15) is 0 Å². The summed E-state index contributed by atoms with van der Waals surface area (Å²) >= 11 is 0. The largest absolute Gasteiger partial charge is 0.534 e. The summed E-state index contributed by atoms with van der Waals surface area (Å²) in [5.41, 5.74) is 2.37. The summed E-state index contributed by atoms with van der Waals surface area (Å²) in [4.78, 5) is 77.7. The van der Waals surface area contributed by atoms with Gasteiger partial charge < -0.3 is 30.3 Å². The van der Waals surface area contributed by atoms with Crippen molar-refractivity contribution in [2.24, 2.45) is 0 Å². The van der Waals surface area contributed by atoms with E-state index in [-0.39, 0.29) is 52.1 Å².